The predicted molar refractivity (Wildman–Crippen MR) is 76.5 cm³/mol. The molecule has 0 radical (unpaired) electrons. The fraction of sp³-hybridized carbons (Fsp3) is 0.231. The maximum Gasteiger partial charge on any atom is 0.203 e. The first-order valence-electron chi connectivity index (χ1n) is 5.29. The molecule has 0 unspecified atom stereocenters. The van der Waals surface area contributed by atoms with Crippen LogP contribution in [0.3, 0.4) is 0 Å². The van der Waals surface area contributed by atoms with Crippen LogP contribution in [-0.4, -0.2) is 26.3 Å². The number of nitrogens with two attached hydrogens (primary N) is 1. The molecule has 19 heavy (non-hydrogen) atoms. The minimum absolute atomic E-state index is 0.0382. The molecule has 1 rings (SSSR count). The van der Waals surface area contributed by atoms with Crippen LogP contribution in [-0.2, 0) is 0 Å². The van der Waals surface area contributed by atoms with E-state index in [1.165, 1.54) is 21.3 Å². The third-order valence-corrected chi connectivity index (χ3v) is 2.60. The molecule has 0 fully saturated rings. The zero-order chi connectivity index (χ0) is 14.4. The van der Waals surface area contributed by atoms with Gasteiger partial charge in [0.2, 0.25) is 5.75 Å². The van der Waals surface area contributed by atoms with Gasteiger partial charge in [-0.2, -0.15) is 5.26 Å². The standard InChI is InChI=1S/C13H14N2O3S/c1-16-10-5-8(4-9(7-14)13(15)19)6-11(17-2)12(10)18-3/h4-6H,1-3H3,(H2,15,19)/b9-4+. The topological polar surface area (TPSA) is 77.5 Å². The summed E-state index contributed by atoms with van der Waals surface area (Å²) in [6.07, 6.45) is 1.56. The Morgan fingerprint density at radius 2 is 1.74 bits per heavy atom. The van der Waals surface area contributed by atoms with Crippen molar-refractivity contribution in [3.63, 3.8) is 0 Å². The molecular formula is C13H14N2O3S. The van der Waals surface area contributed by atoms with E-state index >= 15 is 0 Å². The number of rotatable bonds is 5. The molecule has 6 heteroatoms. The van der Waals surface area contributed by atoms with E-state index in [0.717, 1.165) is 0 Å². The van der Waals surface area contributed by atoms with Crippen molar-refractivity contribution in [2.45, 2.75) is 0 Å². The number of thiocarbonyl (C=S) groups is 1. The van der Waals surface area contributed by atoms with Gasteiger partial charge < -0.3 is 19.9 Å². The second-order valence-electron chi connectivity index (χ2n) is 3.49. The van der Waals surface area contributed by atoms with Crippen molar-refractivity contribution in [3.05, 3.63) is 23.3 Å². The monoisotopic (exact) mass is 278 g/mol. The third-order valence-electron chi connectivity index (χ3n) is 2.38. The van der Waals surface area contributed by atoms with E-state index in [2.05, 4.69) is 0 Å². The van der Waals surface area contributed by atoms with Crippen molar-refractivity contribution in [1.82, 2.24) is 0 Å². The Bertz CT molecular complexity index is 536. The highest BCUT2D eigenvalue weighted by Gasteiger charge is 2.13. The van der Waals surface area contributed by atoms with Crippen LogP contribution in [0.2, 0.25) is 0 Å². The van der Waals surface area contributed by atoms with Gasteiger partial charge in [-0.1, -0.05) is 12.2 Å². The van der Waals surface area contributed by atoms with E-state index in [1.807, 2.05) is 6.07 Å². The lowest BCUT2D eigenvalue weighted by atomic mass is 10.1. The molecule has 0 bridgehead atoms. The number of nitrogens with zero attached hydrogens (tertiary/aromatic N) is 1. The molecule has 0 saturated heterocycles. The van der Waals surface area contributed by atoms with E-state index in [-0.39, 0.29) is 10.6 Å². The Labute approximate surface area is 117 Å². The first-order valence-corrected chi connectivity index (χ1v) is 5.69. The molecule has 2 N–H and O–H groups in total. The summed E-state index contributed by atoms with van der Waals surface area (Å²) in [4.78, 5) is 0.0382. The maximum atomic E-state index is 8.94. The molecular weight excluding hydrogens is 264 g/mol. The van der Waals surface area contributed by atoms with Crippen LogP contribution in [0.25, 0.3) is 6.08 Å². The van der Waals surface area contributed by atoms with E-state index in [4.69, 9.17) is 37.4 Å². The number of hydrogen-bond donors (Lipinski definition) is 1. The van der Waals surface area contributed by atoms with Crippen molar-refractivity contribution >= 4 is 23.3 Å². The largest absolute Gasteiger partial charge is 0.493 e. The maximum absolute atomic E-state index is 8.94. The Balaban J connectivity index is 3.39. The van der Waals surface area contributed by atoms with E-state index in [1.54, 1.807) is 18.2 Å². The van der Waals surface area contributed by atoms with Crippen molar-refractivity contribution in [2.24, 2.45) is 5.73 Å². The normalized spacial score (nSPS) is 10.5. The van der Waals surface area contributed by atoms with Gasteiger partial charge >= 0.3 is 0 Å². The molecule has 1 aromatic rings. The average Bonchev–Trinajstić information content (AvgIpc) is 2.42. The minimum atomic E-state index is 0.0382. The van der Waals surface area contributed by atoms with Crippen LogP contribution in [0.5, 0.6) is 17.2 Å². The van der Waals surface area contributed by atoms with Crippen molar-refractivity contribution in [1.29, 1.82) is 5.26 Å². The number of hydrogen-bond acceptors (Lipinski definition) is 5. The molecule has 0 aromatic heterocycles. The Hall–Kier alpha value is -2.26. The van der Waals surface area contributed by atoms with Crippen LogP contribution < -0.4 is 19.9 Å². The summed E-state index contributed by atoms with van der Waals surface area (Å²) >= 11 is 4.79. The zero-order valence-corrected chi connectivity index (χ0v) is 11.7. The first kappa shape index (κ1) is 14.8. The summed E-state index contributed by atoms with van der Waals surface area (Å²) in [6, 6.07) is 5.35. The highest BCUT2D eigenvalue weighted by Crippen LogP contribution is 2.38. The van der Waals surface area contributed by atoms with E-state index < -0.39 is 0 Å². The van der Waals surface area contributed by atoms with Gasteiger partial charge in [-0.15, -0.1) is 0 Å². The van der Waals surface area contributed by atoms with Gasteiger partial charge in [-0.05, 0) is 23.8 Å². The molecule has 100 valence electrons. The third kappa shape index (κ3) is 3.36. The lowest BCUT2D eigenvalue weighted by molar-refractivity contribution is 0.324. The van der Waals surface area contributed by atoms with Gasteiger partial charge in [-0.25, -0.2) is 0 Å². The average molecular weight is 278 g/mol. The van der Waals surface area contributed by atoms with Gasteiger partial charge in [0.05, 0.1) is 26.9 Å². The Morgan fingerprint density at radius 1 is 1.21 bits per heavy atom. The minimum Gasteiger partial charge on any atom is -0.493 e. The molecule has 0 aliphatic carbocycles. The summed E-state index contributed by atoms with van der Waals surface area (Å²) in [5.74, 6) is 1.47. The van der Waals surface area contributed by atoms with E-state index in [0.29, 0.717) is 22.8 Å². The fourth-order valence-corrected chi connectivity index (χ4v) is 1.61. The van der Waals surface area contributed by atoms with Gasteiger partial charge in [0.15, 0.2) is 11.5 Å². The van der Waals surface area contributed by atoms with Crippen LogP contribution in [0.15, 0.2) is 17.7 Å². The molecule has 0 amide bonds. The van der Waals surface area contributed by atoms with Crippen LogP contribution in [0.1, 0.15) is 5.56 Å². The Morgan fingerprint density at radius 3 is 2.05 bits per heavy atom. The lowest BCUT2D eigenvalue weighted by Crippen LogP contribution is -2.09. The smallest absolute Gasteiger partial charge is 0.203 e. The van der Waals surface area contributed by atoms with Crippen molar-refractivity contribution in [3.8, 4) is 23.3 Å². The molecule has 0 aliphatic rings. The molecule has 0 saturated carbocycles. The second kappa shape index (κ2) is 6.61. The molecule has 0 atom stereocenters. The summed E-state index contributed by atoms with van der Waals surface area (Å²) in [5, 5.41) is 8.94. The zero-order valence-electron chi connectivity index (χ0n) is 10.9. The number of methoxy groups -OCH3 is 3. The van der Waals surface area contributed by atoms with Gasteiger partial charge in [-0.3, -0.25) is 0 Å². The summed E-state index contributed by atoms with van der Waals surface area (Å²) in [5.41, 5.74) is 6.34. The number of benzene rings is 1. The van der Waals surface area contributed by atoms with Crippen LogP contribution in [0.4, 0.5) is 0 Å². The highest BCUT2D eigenvalue weighted by molar-refractivity contribution is 7.80. The SMILES string of the molecule is COc1cc(/C=C(\C#N)C(N)=S)cc(OC)c1OC. The quantitative estimate of drug-likeness (QED) is 0.503. The Kier molecular flexibility index (Phi) is 5.15. The molecule has 0 spiro atoms. The highest BCUT2D eigenvalue weighted by atomic mass is 32.1. The lowest BCUT2D eigenvalue weighted by Gasteiger charge is -2.13. The molecule has 1 aromatic carbocycles. The summed E-state index contributed by atoms with van der Waals surface area (Å²) < 4.78 is 15.6. The van der Waals surface area contributed by atoms with Gasteiger partial charge in [0, 0.05) is 0 Å². The van der Waals surface area contributed by atoms with Crippen LogP contribution in [0, 0.1) is 11.3 Å². The molecule has 0 aliphatic heterocycles. The fourth-order valence-electron chi connectivity index (χ4n) is 1.51. The van der Waals surface area contributed by atoms with Crippen LogP contribution >= 0.6 is 12.2 Å². The number of nitriles is 1. The predicted octanol–water partition coefficient (Wildman–Crippen LogP) is 1.91. The van der Waals surface area contributed by atoms with E-state index in [9.17, 15) is 0 Å². The molecule has 0 heterocycles. The first-order chi connectivity index (χ1) is 9.07. The van der Waals surface area contributed by atoms with Crippen molar-refractivity contribution < 1.29 is 14.2 Å². The second-order valence-corrected chi connectivity index (χ2v) is 3.93. The van der Waals surface area contributed by atoms with Gasteiger partial charge in [0.25, 0.3) is 0 Å². The summed E-state index contributed by atoms with van der Waals surface area (Å²) in [6.45, 7) is 0. The summed E-state index contributed by atoms with van der Waals surface area (Å²) in [7, 11) is 4.55. The van der Waals surface area contributed by atoms with Crippen molar-refractivity contribution in [2.75, 3.05) is 21.3 Å². The van der Waals surface area contributed by atoms with Gasteiger partial charge in [0.1, 0.15) is 11.1 Å². The number of ether oxygens (including phenoxy) is 3. The molecule has 5 nitrogen and oxygen atoms in total.